The van der Waals surface area contributed by atoms with Crippen molar-refractivity contribution >= 4 is 50.2 Å². The molecule has 3 aromatic heterocycles. The summed E-state index contributed by atoms with van der Waals surface area (Å²) in [5, 5.41) is 13.0. The normalized spacial score (nSPS) is 18.6. The molecule has 1 atom stereocenters. The molecule has 5 rings (SSSR count). The Hall–Kier alpha value is -2.62. The molecule has 14 heteroatoms. The fraction of sp³-hybridized carbons (Fsp3) is 0.500. The van der Waals surface area contributed by atoms with E-state index in [4.69, 9.17) is 15.5 Å². The van der Waals surface area contributed by atoms with Gasteiger partial charge in [0.1, 0.15) is 12.1 Å². The number of nitrogens with two attached hydrogens (primary N) is 1. The first-order chi connectivity index (χ1) is 17.3. The quantitative estimate of drug-likeness (QED) is 0.281. The summed E-state index contributed by atoms with van der Waals surface area (Å²) in [5.74, 6) is 0.813. The molecule has 2 saturated heterocycles. The summed E-state index contributed by atoms with van der Waals surface area (Å²) in [6.07, 6.45) is 4.66. The number of aryl methyl sites for hydroxylation is 1. The number of thiophene rings is 1. The standard InChI is InChI=1S/C22H28N8O4S2/c1-14-16(13-27-3-5-29(6-4-27)36(2)33)35-20-17(14)19(30(31)32)18(15-11-24-22(23)25-12-15)26-21(20)28-7-9-34-10-8-28/h11-12H,3-10,13H2,1-2H3,(H2,23,24,25). The zero-order valence-electron chi connectivity index (χ0n) is 20.2. The average molecular weight is 533 g/mol. The number of anilines is 2. The number of aromatic nitrogens is 3. The van der Waals surface area contributed by atoms with Crippen LogP contribution >= 0.6 is 11.3 Å². The molecule has 12 nitrogen and oxygen atoms in total. The third-order valence-corrected chi connectivity index (χ3v) is 8.99. The number of nitro groups is 1. The molecule has 0 aromatic carbocycles. The Labute approximate surface area is 215 Å². The number of fused-ring (bicyclic) bond motifs is 1. The lowest BCUT2D eigenvalue weighted by Gasteiger charge is -2.33. The van der Waals surface area contributed by atoms with Crippen LogP contribution in [0, 0.1) is 17.0 Å². The van der Waals surface area contributed by atoms with E-state index in [1.165, 1.54) is 12.4 Å². The summed E-state index contributed by atoms with van der Waals surface area (Å²) in [6.45, 7) is 8.11. The smallest absolute Gasteiger partial charge is 0.304 e. The van der Waals surface area contributed by atoms with Crippen LogP contribution in [0.25, 0.3) is 21.3 Å². The van der Waals surface area contributed by atoms with Crippen molar-refractivity contribution in [1.29, 1.82) is 0 Å². The lowest BCUT2D eigenvalue weighted by atomic mass is 10.1. The Morgan fingerprint density at radius 3 is 2.44 bits per heavy atom. The van der Waals surface area contributed by atoms with Crippen LogP contribution in [0.1, 0.15) is 10.4 Å². The molecule has 36 heavy (non-hydrogen) atoms. The van der Waals surface area contributed by atoms with Gasteiger partial charge in [-0.25, -0.2) is 15.0 Å². The molecule has 0 saturated carbocycles. The van der Waals surface area contributed by atoms with Crippen molar-refractivity contribution in [2.75, 3.05) is 69.4 Å². The number of hydrogen-bond donors (Lipinski definition) is 1. The number of nitrogen functional groups attached to an aromatic ring is 1. The second-order valence-corrected chi connectivity index (χ2v) is 11.3. The number of pyridine rings is 1. The van der Waals surface area contributed by atoms with E-state index in [0.717, 1.165) is 47.1 Å². The molecule has 0 spiro atoms. The van der Waals surface area contributed by atoms with Gasteiger partial charge in [-0.3, -0.25) is 15.0 Å². The van der Waals surface area contributed by atoms with E-state index in [-0.39, 0.29) is 22.3 Å². The summed E-state index contributed by atoms with van der Waals surface area (Å²) < 4.78 is 20.1. The second kappa shape index (κ2) is 10.4. The number of nitrogens with zero attached hydrogens (tertiary/aromatic N) is 7. The SMILES string of the molecule is Cc1c(CN2CCN([S+](C)[O-])CC2)sc2c(N3CCOCC3)nc(-c3cnc(N)nc3)c([N+](=O)[O-])c12. The van der Waals surface area contributed by atoms with Crippen molar-refractivity contribution in [3.63, 3.8) is 0 Å². The second-order valence-electron chi connectivity index (χ2n) is 8.80. The highest BCUT2D eigenvalue weighted by atomic mass is 32.2. The molecular weight excluding hydrogens is 504 g/mol. The predicted molar refractivity (Wildman–Crippen MR) is 140 cm³/mol. The van der Waals surface area contributed by atoms with E-state index in [1.807, 2.05) is 11.2 Å². The van der Waals surface area contributed by atoms with E-state index in [2.05, 4.69) is 19.8 Å². The molecule has 2 fully saturated rings. The summed E-state index contributed by atoms with van der Waals surface area (Å²) in [7, 11) is 0. The van der Waals surface area contributed by atoms with Gasteiger partial charge in [0.25, 0.3) is 0 Å². The van der Waals surface area contributed by atoms with Crippen molar-refractivity contribution in [3.05, 3.63) is 32.9 Å². The van der Waals surface area contributed by atoms with E-state index >= 15 is 0 Å². The van der Waals surface area contributed by atoms with Crippen LogP contribution < -0.4 is 10.6 Å². The highest BCUT2D eigenvalue weighted by Crippen LogP contribution is 2.46. The van der Waals surface area contributed by atoms with E-state index < -0.39 is 11.4 Å². The Morgan fingerprint density at radius 1 is 1.17 bits per heavy atom. The van der Waals surface area contributed by atoms with E-state index in [1.54, 1.807) is 17.6 Å². The maximum Gasteiger partial charge on any atom is 0.304 e. The van der Waals surface area contributed by atoms with Gasteiger partial charge < -0.3 is 19.9 Å². The van der Waals surface area contributed by atoms with Gasteiger partial charge in [0.2, 0.25) is 5.95 Å². The van der Waals surface area contributed by atoms with Crippen LogP contribution in [0.4, 0.5) is 17.5 Å². The minimum atomic E-state index is -0.975. The zero-order valence-corrected chi connectivity index (χ0v) is 21.8. The monoisotopic (exact) mass is 532 g/mol. The first-order valence-corrected chi connectivity index (χ1v) is 14.0. The van der Waals surface area contributed by atoms with Gasteiger partial charge in [-0.15, -0.1) is 15.6 Å². The highest BCUT2D eigenvalue weighted by molar-refractivity contribution is 7.88. The zero-order chi connectivity index (χ0) is 25.4. The van der Waals surface area contributed by atoms with Gasteiger partial charge in [-0.05, 0) is 12.5 Å². The largest absolute Gasteiger partial charge is 0.598 e. The average Bonchev–Trinajstić information content (AvgIpc) is 3.20. The van der Waals surface area contributed by atoms with E-state index in [0.29, 0.717) is 43.8 Å². The predicted octanol–water partition coefficient (Wildman–Crippen LogP) is 1.80. The summed E-state index contributed by atoms with van der Waals surface area (Å²) in [4.78, 5) is 30.5. The van der Waals surface area contributed by atoms with Gasteiger partial charge in [-0.2, -0.15) is 0 Å². The fourth-order valence-corrected chi connectivity index (χ4v) is 6.70. The van der Waals surface area contributed by atoms with Crippen LogP contribution in [-0.2, 0) is 22.6 Å². The maximum absolute atomic E-state index is 12.4. The summed E-state index contributed by atoms with van der Waals surface area (Å²) >= 11 is 0.592. The lowest BCUT2D eigenvalue weighted by Crippen LogP contribution is -2.47. The third-order valence-electron chi connectivity index (χ3n) is 6.63. The number of rotatable bonds is 6. The molecule has 2 N–H and O–H groups in total. The molecule has 0 bridgehead atoms. The third kappa shape index (κ3) is 4.84. The Morgan fingerprint density at radius 2 is 1.83 bits per heavy atom. The van der Waals surface area contributed by atoms with Gasteiger partial charge in [0, 0.05) is 66.9 Å². The van der Waals surface area contributed by atoms with Gasteiger partial charge >= 0.3 is 5.69 Å². The number of hydrogen-bond acceptors (Lipinski definition) is 12. The maximum atomic E-state index is 12.4. The van der Waals surface area contributed by atoms with Crippen molar-refractivity contribution in [1.82, 2.24) is 24.2 Å². The molecule has 0 radical (unpaired) electrons. The van der Waals surface area contributed by atoms with Crippen molar-refractivity contribution in [3.8, 4) is 11.3 Å². The van der Waals surface area contributed by atoms with Gasteiger partial charge in [0.05, 0.1) is 41.3 Å². The lowest BCUT2D eigenvalue weighted by molar-refractivity contribution is -0.382. The topological polar surface area (TPSA) is 150 Å². The van der Waals surface area contributed by atoms with Crippen molar-refractivity contribution < 1.29 is 14.2 Å². The van der Waals surface area contributed by atoms with Crippen molar-refractivity contribution in [2.24, 2.45) is 0 Å². The summed E-state index contributed by atoms with van der Waals surface area (Å²) in [5.41, 5.74) is 7.19. The molecule has 5 heterocycles. The van der Waals surface area contributed by atoms with Crippen LogP contribution in [0.3, 0.4) is 0 Å². The van der Waals surface area contributed by atoms with Crippen LogP contribution in [-0.4, -0.2) is 92.4 Å². The molecule has 1 unspecified atom stereocenters. The van der Waals surface area contributed by atoms with Crippen LogP contribution in [0.2, 0.25) is 0 Å². The number of ether oxygens (including phenoxy) is 1. The van der Waals surface area contributed by atoms with E-state index in [9.17, 15) is 14.7 Å². The van der Waals surface area contributed by atoms with Gasteiger partial charge in [0.15, 0.2) is 5.69 Å². The molecule has 2 aliphatic rings. The molecule has 192 valence electrons. The Bertz CT molecular complexity index is 1260. The summed E-state index contributed by atoms with van der Waals surface area (Å²) in [6, 6.07) is 0. The fourth-order valence-electron chi connectivity index (χ4n) is 4.66. The minimum absolute atomic E-state index is 0.0402. The van der Waals surface area contributed by atoms with Crippen LogP contribution in [0.5, 0.6) is 0 Å². The Kier molecular flexibility index (Phi) is 7.23. The van der Waals surface area contributed by atoms with Crippen molar-refractivity contribution in [2.45, 2.75) is 13.5 Å². The first-order valence-electron chi connectivity index (χ1n) is 11.6. The molecule has 0 amide bonds. The number of piperazine rings is 1. The Balaban J connectivity index is 1.62. The molecule has 2 aliphatic heterocycles. The minimum Gasteiger partial charge on any atom is -0.598 e. The first kappa shape index (κ1) is 25.0. The highest BCUT2D eigenvalue weighted by Gasteiger charge is 2.32. The van der Waals surface area contributed by atoms with Crippen LogP contribution in [0.15, 0.2) is 12.4 Å². The molecule has 3 aromatic rings. The molecule has 0 aliphatic carbocycles. The number of morpholine rings is 1. The molecular formula is C22H28N8O4S2. The van der Waals surface area contributed by atoms with Gasteiger partial charge in [-0.1, -0.05) is 0 Å².